The molecule has 7 heteroatoms. The van der Waals surface area contributed by atoms with Crippen molar-refractivity contribution in [3.05, 3.63) is 59.1 Å². The number of ether oxygens (including phenoxy) is 2. The number of amides is 1. The third kappa shape index (κ3) is 4.67. The number of hydrogen-bond donors (Lipinski definition) is 0. The van der Waals surface area contributed by atoms with E-state index in [0.29, 0.717) is 0 Å². The first-order chi connectivity index (χ1) is 13.5. The molecule has 3 rings (SSSR count). The Bertz CT molecular complexity index is 935. The van der Waals surface area contributed by atoms with E-state index in [2.05, 4.69) is 4.98 Å². The highest BCUT2D eigenvalue weighted by atomic mass is 32.1. The van der Waals surface area contributed by atoms with Crippen LogP contribution in [0, 0.1) is 0 Å². The van der Waals surface area contributed by atoms with Crippen LogP contribution in [0.2, 0.25) is 0 Å². The monoisotopic (exact) mass is 398 g/mol. The lowest BCUT2D eigenvalue weighted by atomic mass is 10.1. The molecule has 0 saturated carbocycles. The van der Waals surface area contributed by atoms with Gasteiger partial charge in [0, 0.05) is 7.05 Å². The van der Waals surface area contributed by atoms with Gasteiger partial charge in [-0.15, -0.1) is 11.3 Å². The van der Waals surface area contributed by atoms with Gasteiger partial charge in [-0.1, -0.05) is 24.3 Å². The molecule has 3 aromatic rings. The van der Waals surface area contributed by atoms with Crippen LogP contribution in [0.3, 0.4) is 0 Å². The lowest BCUT2D eigenvalue weighted by Gasteiger charge is -2.23. The number of esters is 1. The normalized spacial score (nSPS) is 11.8. The molecule has 0 fully saturated rings. The summed E-state index contributed by atoms with van der Waals surface area (Å²) in [5, 5.41) is 0.849. The number of thiazole rings is 1. The fourth-order valence-electron chi connectivity index (χ4n) is 2.66. The zero-order valence-corrected chi connectivity index (χ0v) is 16.9. The molecule has 1 amide bonds. The van der Waals surface area contributed by atoms with Crippen LogP contribution in [0.5, 0.6) is 5.75 Å². The summed E-state index contributed by atoms with van der Waals surface area (Å²) in [4.78, 5) is 30.6. The van der Waals surface area contributed by atoms with Crippen LogP contribution in [0.15, 0.2) is 48.5 Å². The van der Waals surface area contributed by atoms with Crippen molar-refractivity contribution in [1.82, 2.24) is 9.88 Å². The Hall–Kier alpha value is -2.93. The molecule has 0 spiro atoms. The summed E-state index contributed by atoms with van der Waals surface area (Å²) in [6, 6.07) is 14.8. The Morgan fingerprint density at radius 1 is 1.14 bits per heavy atom. The molecule has 0 saturated heterocycles. The van der Waals surface area contributed by atoms with Crippen LogP contribution in [0.1, 0.15) is 23.5 Å². The maximum absolute atomic E-state index is 12.4. The topological polar surface area (TPSA) is 68.7 Å². The Labute approximate surface area is 167 Å². The second kappa shape index (κ2) is 8.84. The fraction of sp³-hybridized carbons (Fsp3) is 0.286. The predicted octanol–water partition coefficient (Wildman–Crippen LogP) is 3.61. The van der Waals surface area contributed by atoms with E-state index >= 15 is 0 Å². The highest BCUT2D eigenvalue weighted by Crippen LogP contribution is 2.28. The third-order valence-electron chi connectivity index (χ3n) is 4.51. The van der Waals surface area contributed by atoms with Crippen LogP contribution in [-0.4, -0.2) is 42.5 Å². The van der Waals surface area contributed by atoms with E-state index in [1.807, 2.05) is 31.2 Å². The molecule has 0 radical (unpaired) electrons. The van der Waals surface area contributed by atoms with E-state index in [1.54, 1.807) is 54.7 Å². The smallest absolute Gasteiger partial charge is 0.310 e. The summed E-state index contributed by atoms with van der Waals surface area (Å²) in [5.41, 5.74) is 1.72. The number of nitrogens with zero attached hydrogens (tertiary/aromatic N) is 2. The van der Waals surface area contributed by atoms with Crippen molar-refractivity contribution in [2.45, 2.75) is 19.4 Å². The van der Waals surface area contributed by atoms with Crippen molar-refractivity contribution in [1.29, 1.82) is 0 Å². The number of methoxy groups -OCH3 is 1. The van der Waals surface area contributed by atoms with Crippen molar-refractivity contribution in [3.63, 3.8) is 0 Å². The van der Waals surface area contributed by atoms with Crippen molar-refractivity contribution in [2.24, 2.45) is 0 Å². The van der Waals surface area contributed by atoms with Crippen LogP contribution in [0.4, 0.5) is 0 Å². The van der Waals surface area contributed by atoms with E-state index in [1.165, 1.54) is 0 Å². The number of benzene rings is 2. The minimum atomic E-state index is -0.445. The second-order valence-corrected chi connectivity index (χ2v) is 7.45. The second-order valence-electron chi connectivity index (χ2n) is 6.39. The number of likely N-dealkylation sites (N-methyl/N-ethyl adjacent to an activating group) is 1. The summed E-state index contributed by atoms with van der Waals surface area (Å²) in [6.07, 6.45) is 0.106. The number of carbonyl (C=O) groups is 2. The molecule has 28 heavy (non-hydrogen) atoms. The lowest BCUT2D eigenvalue weighted by Crippen LogP contribution is -2.33. The zero-order chi connectivity index (χ0) is 20.1. The van der Waals surface area contributed by atoms with Crippen molar-refractivity contribution in [2.75, 3.05) is 20.8 Å². The van der Waals surface area contributed by atoms with Gasteiger partial charge in [0.25, 0.3) is 5.91 Å². The van der Waals surface area contributed by atoms with Gasteiger partial charge in [0.2, 0.25) is 0 Å². The van der Waals surface area contributed by atoms with Gasteiger partial charge in [0.15, 0.2) is 6.61 Å². The first-order valence-corrected chi connectivity index (χ1v) is 9.69. The standard InChI is InChI=1S/C21H22N2O4S/c1-14(21-22-17-6-4-5-7-18(17)28-21)23(2)19(24)13-27-20(25)12-15-8-10-16(26-3)11-9-15/h4-11,14H,12-13H2,1-3H3/t14-/m0/s1. The molecule has 6 nitrogen and oxygen atoms in total. The van der Waals surface area contributed by atoms with Gasteiger partial charge in [-0.05, 0) is 36.8 Å². The maximum Gasteiger partial charge on any atom is 0.310 e. The van der Waals surface area contributed by atoms with E-state index in [-0.39, 0.29) is 25.0 Å². The lowest BCUT2D eigenvalue weighted by molar-refractivity contribution is -0.151. The van der Waals surface area contributed by atoms with Gasteiger partial charge in [-0.25, -0.2) is 4.98 Å². The van der Waals surface area contributed by atoms with Gasteiger partial charge >= 0.3 is 5.97 Å². The number of rotatable bonds is 7. The molecule has 1 aromatic heterocycles. The summed E-state index contributed by atoms with van der Waals surface area (Å²) in [6.45, 7) is 1.62. The summed E-state index contributed by atoms with van der Waals surface area (Å²) in [5.74, 6) is 0.00662. The van der Waals surface area contributed by atoms with Crippen LogP contribution < -0.4 is 4.74 Å². The molecular formula is C21H22N2O4S. The highest BCUT2D eigenvalue weighted by Gasteiger charge is 2.21. The molecule has 146 valence electrons. The van der Waals surface area contributed by atoms with Gasteiger partial charge in [0.1, 0.15) is 10.8 Å². The van der Waals surface area contributed by atoms with E-state index in [0.717, 1.165) is 26.5 Å². The molecule has 0 unspecified atom stereocenters. The Kier molecular flexibility index (Phi) is 6.26. The predicted molar refractivity (Wildman–Crippen MR) is 108 cm³/mol. The van der Waals surface area contributed by atoms with Gasteiger partial charge < -0.3 is 14.4 Å². The minimum absolute atomic E-state index is 0.106. The average molecular weight is 398 g/mol. The quantitative estimate of drug-likeness (QED) is 0.569. The number of carbonyl (C=O) groups excluding carboxylic acids is 2. The van der Waals surface area contributed by atoms with Crippen molar-refractivity contribution >= 4 is 33.4 Å². The van der Waals surface area contributed by atoms with E-state index < -0.39 is 5.97 Å². The van der Waals surface area contributed by atoms with Gasteiger partial charge in [-0.2, -0.15) is 0 Å². The van der Waals surface area contributed by atoms with Crippen LogP contribution in [0.25, 0.3) is 10.2 Å². The molecule has 0 aliphatic heterocycles. The number of aromatic nitrogens is 1. The molecule has 2 aromatic carbocycles. The van der Waals surface area contributed by atoms with Gasteiger partial charge in [0.05, 0.1) is 29.8 Å². The van der Waals surface area contributed by atoms with Crippen molar-refractivity contribution in [3.8, 4) is 5.75 Å². The van der Waals surface area contributed by atoms with Crippen LogP contribution in [-0.2, 0) is 20.7 Å². The molecule has 1 heterocycles. The maximum atomic E-state index is 12.4. The van der Waals surface area contributed by atoms with E-state index in [9.17, 15) is 9.59 Å². The molecular weight excluding hydrogens is 376 g/mol. The largest absolute Gasteiger partial charge is 0.497 e. The summed E-state index contributed by atoms with van der Waals surface area (Å²) in [7, 11) is 3.27. The fourth-order valence-corrected chi connectivity index (χ4v) is 3.72. The Balaban J connectivity index is 1.53. The minimum Gasteiger partial charge on any atom is -0.497 e. The van der Waals surface area contributed by atoms with Gasteiger partial charge in [-0.3, -0.25) is 9.59 Å². The van der Waals surface area contributed by atoms with E-state index in [4.69, 9.17) is 9.47 Å². The zero-order valence-electron chi connectivity index (χ0n) is 16.0. The Morgan fingerprint density at radius 3 is 2.54 bits per heavy atom. The number of fused-ring (bicyclic) bond motifs is 1. The number of hydrogen-bond acceptors (Lipinski definition) is 6. The average Bonchev–Trinajstić information content (AvgIpc) is 3.15. The first kappa shape index (κ1) is 19.8. The summed E-state index contributed by atoms with van der Waals surface area (Å²) < 4.78 is 11.3. The van der Waals surface area contributed by atoms with Crippen molar-refractivity contribution < 1.29 is 19.1 Å². The third-order valence-corrected chi connectivity index (χ3v) is 5.71. The SMILES string of the molecule is COc1ccc(CC(=O)OCC(=O)N(C)[C@@H](C)c2nc3ccccc3s2)cc1. The number of para-hydroxylation sites is 1. The molecule has 1 atom stereocenters. The van der Waals surface area contributed by atoms with Crippen LogP contribution >= 0.6 is 11.3 Å². The highest BCUT2D eigenvalue weighted by molar-refractivity contribution is 7.18. The molecule has 0 aliphatic carbocycles. The Morgan fingerprint density at radius 2 is 1.86 bits per heavy atom. The summed E-state index contributed by atoms with van der Waals surface area (Å²) >= 11 is 1.56. The first-order valence-electron chi connectivity index (χ1n) is 8.87. The molecule has 0 bridgehead atoms. The molecule has 0 N–H and O–H groups in total. The molecule has 0 aliphatic rings.